The van der Waals surface area contributed by atoms with E-state index in [-0.39, 0.29) is 24.7 Å². The fourth-order valence-corrected chi connectivity index (χ4v) is 1.93. The molecule has 0 atom stereocenters. The number of hydrogen-bond donors (Lipinski definition) is 0. The van der Waals surface area contributed by atoms with Crippen molar-refractivity contribution in [2.75, 3.05) is 13.2 Å². The van der Waals surface area contributed by atoms with Crippen molar-refractivity contribution in [3.8, 4) is 0 Å². The summed E-state index contributed by atoms with van der Waals surface area (Å²) < 4.78 is 26.2. The van der Waals surface area contributed by atoms with Crippen LogP contribution in [0.25, 0.3) is 0 Å². The fourth-order valence-electron chi connectivity index (χ4n) is 0.802. The molecular formula is C10H19O5P. The molecule has 0 heterocycles. The third-order valence-corrected chi connectivity index (χ3v) is 3.27. The smallest absolute Gasteiger partial charge is 0.367 e. The summed E-state index contributed by atoms with van der Waals surface area (Å²) in [4.78, 5) is 11.5. The highest BCUT2D eigenvalue weighted by Gasteiger charge is 2.31. The van der Waals surface area contributed by atoms with Gasteiger partial charge in [0.1, 0.15) is 0 Å². The van der Waals surface area contributed by atoms with Gasteiger partial charge in [-0.2, -0.15) is 0 Å². The highest BCUT2D eigenvalue weighted by molar-refractivity contribution is 7.49. The van der Waals surface area contributed by atoms with Crippen molar-refractivity contribution >= 4 is 13.8 Å². The first-order valence-corrected chi connectivity index (χ1v) is 6.64. The van der Waals surface area contributed by atoms with Gasteiger partial charge in [0.25, 0.3) is 0 Å². The lowest BCUT2D eigenvalue weighted by molar-refractivity contribution is -0.132. The van der Waals surface area contributed by atoms with E-state index >= 15 is 0 Å². The lowest BCUT2D eigenvalue weighted by atomic mass is 10.1. The molecule has 0 saturated carbocycles. The first kappa shape index (κ1) is 15.4. The lowest BCUT2D eigenvalue weighted by Crippen LogP contribution is -2.12. The van der Waals surface area contributed by atoms with Crippen molar-refractivity contribution in [3.05, 3.63) is 12.2 Å². The highest BCUT2D eigenvalue weighted by atomic mass is 31.2. The summed E-state index contributed by atoms with van der Waals surface area (Å²) in [6, 6.07) is 0. The van der Waals surface area contributed by atoms with E-state index in [4.69, 9.17) is 13.6 Å². The SMILES string of the molecule is C=C(C(=O)OP(=O)(OCC)OCC)C(C)C. The van der Waals surface area contributed by atoms with E-state index in [2.05, 4.69) is 6.58 Å². The molecule has 0 amide bonds. The molecular weight excluding hydrogens is 231 g/mol. The van der Waals surface area contributed by atoms with Crippen LogP contribution in [0.15, 0.2) is 12.2 Å². The van der Waals surface area contributed by atoms with Gasteiger partial charge in [-0.1, -0.05) is 20.4 Å². The van der Waals surface area contributed by atoms with Gasteiger partial charge >= 0.3 is 13.8 Å². The highest BCUT2D eigenvalue weighted by Crippen LogP contribution is 2.49. The van der Waals surface area contributed by atoms with E-state index in [1.807, 2.05) is 0 Å². The molecule has 94 valence electrons. The van der Waals surface area contributed by atoms with E-state index in [1.165, 1.54) is 0 Å². The Morgan fingerprint density at radius 3 is 2.00 bits per heavy atom. The van der Waals surface area contributed by atoms with Crippen molar-refractivity contribution in [1.82, 2.24) is 0 Å². The number of carbonyl (C=O) groups excluding carboxylic acids is 1. The summed E-state index contributed by atoms with van der Waals surface area (Å²) >= 11 is 0. The molecule has 0 aromatic carbocycles. The molecule has 0 radical (unpaired) electrons. The molecule has 0 saturated heterocycles. The second kappa shape index (κ2) is 6.84. The van der Waals surface area contributed by atoms with Gasteiger partial charge in [-0.15, -0.1) is 0 Å². The molecule has 6 heteroatoms. The van der Waals surface area contributed by atoms with Gasteiger partial charge in [0.05, 0.1) is 13.2 Å². The van der Waals surface area contributed by atoms with Gasteiger partial charge in [0, 0.05) is 5.57 Å². The van der Waals surface area contributed by atoms with Crippen molar-refractivity contribution in [3.63, 3.8) is 0 Å². The Balaban J connectivity index is 4.58. The minimum absolute atomic E-state index is 0.0794. The Bertz CT molecular complexity index is 288. The molecule has 0 N–H and O–H groups in total. The van der Waals surface area contributed by atoms with Gasteiger partial charge < -0.3 is 4.52 Å². The van der Waals surface area contributed by atoms with Gasteiger partial charge in [0.15, 0.2) is 0 Å². The molecule has 0 fully saturated rings. The molecule has 0 aromatic rings. The standard InChI is InChI=1S/C10H19O5P/c1-6-13-16(12,14-7-2)15-10(11)9(5)8(3)4/h8H,5-7H2,1-4H3. The molecule has 16 heavy (non-hydrogen) atoms. The van der Waals surface area contributed by atoms with Crippen LogP contribution in [0.2, 0.25) is 0 Å². The second-order valence-electron chi connectivity index (χ2n) is 3.34. The third-order valence-electron chi connectivity index (χ3n) is 1.73. The normalized spacial score (nSPS) is 11.6. The number of hydrogen-bond acceptors (Lipinski definition) is 5. The van der Waals surface area contributed by atoms with Gasteiger partial charge in [-0.3, -0.25) is 9.05 Å². The minimum Gasteiger partial charge on any atom is -0.367 e. The molecule has 0 bridgehead atoms. The van der Waals surface area contributed by atoms with E-state index in [9.17, 15) is 9.36 Å². The van der Waals surface area contributed by atoms with Crippen molar-refractivity contribution in [2.24, 2.45) is 5.92 Å². The van der Waals surface area contributed by atoms with Crippen LogP contribution in [0.5, 0.6) is 0 Å². The summed E-state index contributed by atoms with van der Waals surface area (Å²) in [6.07, 6.45) is 0. The summed E-state index contributed by atoms with van der Waals surface area (Å²) in [5, 5.41) is 0. The van der Waals surface area contributed by atoms with Crippen LogP contribution in [0.1, 0.15) is 27.7 Å². The van der Waals surface area contributed by atoms with Crippen molar-refractivity contribution in [1.29, 1.82) is 0 Å². The quantitative estimate of drug-likeness (QED) is 0.513. The zero-order valence-electron chi connectivity index (χ0n) is 10.2. The van der Waals surface area contributed by atoms with Crippen molar-refractivity contribution < 1.29 is 22.9 Å². The van der Waals surface area contributed by atoms with Crippen LogP contribution in [0.4, 0.5) is 0 Å². The monoisotopic (exact) mass is 250 g/mol. The molecule has 0 aromatic heterocycles. The van der Waals surface area contributed by atoms with Crippen LogP contribution < -0.4 is 0 Å². The van der Waals surface area contributed by atoms with E-state index in [1.54, 1.807) is 27.7 Å². The summed E-state index contributed by atoms with van der Waals surface area (Å²) in [7, 11) is -3.78. The maximum Gasteiger partial charge on any atom is 0.532 e. The largest absolute Gasteiger partial charge is 0.532 e. The van der Waals surface area contributed by atoms with E-state index < -0.39 is 13.8 Å². The Hall–Kier alpha value is -0.640. The van der Waals surface area contributed by atoms with E-state index in [0.717, 1.165) is 0 Å². The summed E-state index contributed by atoms with van der Waals surface area (Å²) in [5.74, 6) is -0.829. The average molecular weight is 250 g/mol. The van der Waals surface area contributed by atoms with Gasteiger partial charge in [-0.25, -0.2) is 9.36 Å². The Labute approximate surface area is 96.4 Å². The third kappa shape index (κ3) is 4.92. The number of phosphoric ester groups is 1. The van der Waals surface area contributed by atoms with Crippen molar-refractivity contribution in [2.45, 2.75) is 27.7 Å². The topological polar surface area (TPSA) is 61.8 Å². The predicted octanol–water partition coefficient (Wildman–Crippen LogP) is 2.92. The molecule has 0 unspecified atom stereocenters. The molecule has 0 rings (SSSR count). The van der Waals surface area contributed by atoms with Crippen LogP contribution in [-0.2, 0) is 22.9 Å². The number of carbonyl (C=O) groups is 1. The Kier molecular flexibility index (Phi) is 6.56. The Morgan fingerprint density at radius 1 is 1.25 bits per heavy atom. The van der Waals surface area contributed by atoms with Crippen LogP contribution in [-0.4, -0.2) is 19.2 Å². The van der Waals surface area contributed by atoms with Crippen LogP contribution in [0.3, 0.4) is 0 Å². The predicted molar refractivity (Wildman–Crippen MR) is 60.9 cm³/mol. The van der Waals surface area contributed by atoms with Gasteiger partial charge in [-0.05, 0) is 19.8 Å². The number of rotatable bonds is 7. The molecule has 0 aliphatic rings. The molecule has 0 spiro atoms. The zero-order chi connectivity index (χ0) is 12.8. The van der Waals surface area contributed by atoms with Crippen LogP contribution in [0, 0.1) is 5.92 Å². The lowest BCUT2D eigenvalue weighted by Gasteiger charge is -2.17. The zero-order valence-corrected chi connectivity index (χ0v) is 11.1. The average Bonchev–Trinajstić information content (AvgIpc) is 2.16. The minimum atomic E-state index is -3.78. The maximum atomic E-state index is 11.8. The second-order valence-corrected chi connectivity index (χ2v) is 4.93. The summed E-state index contributed by atoms with van der Waals surface area (Å²) in [6.45, 7) is 10.7. The molecule has 0 aliphatic heterocycles. The van der Waals surface area contributed by atoms with Gasteiger partial charge in [0.2, 0.25) is 0 Å². The fraction of sp³-hybridized carbons (Fsp3) is 0.700. The van der Waals surface area contributed by atoms with Crippen LogP contribution >= 0.6 is 7.82 Å². The first-order chi connectivity index (χ1) is 7.36. The molecule has 0 aliphatic carbocycles. The Morgan fingerprint density at radius 2 is 1.69 bits per heavy atom. The first-order valence-electron chi connectivity index (χ1n) is 5.18. The number of phosphoric acid groups is 1. The summed E-state index contributed by atoms with van der Waals surface area (Å²) in [5.41, 5.74) is 0.236. The van der Waals surface area contributed by atoms with E-state index in [0.29, 0.717) is 0 Å². The molecule has 5 nitrogen and oxygen atoms in total. The maximum absolute atomic E-state index is 11.8.